The second kappa shape index (κ2) is 7.87. The smallest absolute Gasteiger partial charge is 0.416 e. The van der Waals surface area contributed by atoms with Gasteiger partial charge in [0.25, 0.3) is 0 Å². The summed E-state index contributed by atoms with van der Waals surface area (Å²) in [4.78, 5) is 23.0. The summed E-state index contributed by atoms with van der Waals surface area (Å²) < 4.78 is 42.9. The monoisotopic (exact) mass is 355 g/mol. The van der Waals surface area contributed by atoms with Crippen LogP contribution >= 0.6 is 0 Å². The van der Waals surface area contributed by atoms with Gasteiger partial charge in [0, 0.05) is 12.3 Å². The van der Waals surface area contributed by atoms with Gasteiger partial charge < -0.3 is 14.8 Å². The van der Waals surface area contributed by atoms with Gasteiger partial charge in [-0.05, 0) is 29.8 Å². The van der Waals surface area contributed by atoms with Gasteiger partial charge in [-0.15, -0.1) is 0 Å². The highest BCUT2D eigenvalue weighted by molar-refractivity contribution is 5.78. The van der Waals surface area contributed by atoms with E-state index in [-0.39, 0.29) is 19.4 Å². The lowest BCUT2D eigenvalue weighted by atomic mass is 9.91. The van der Waals surface area contributed by atoms with Crippen molar-refractivity contribution in [2.24, 2.45) is 0 Å². The molecule has 0 radical (unpaired) electrons. The first-order valence-corrected chi connectivity index (χ1v) is 7.43. The number of alkyl halides is 3. The van der Waals surface area contributed by atoms with Gasteiger partial charge in [0.05, 0.1) is 24.8 Å². The Morgan fingerprint density at radius 3 is 2.32 bits per heavy atom. The molecule has 8 heteroatoms. The third kappa shape index (κ3) is 5.66. The van der Waals surface area contributed by atoms with Crippen molar-refractivity contribution in [3.8, 4) is 0 Å². The van der Waals surface area contributed by atoms with Crippen LogP contribution in [0.15, 0.2) is 47.1 Å². The van der Waals surface area contributed by atoms with Crippen molar-refractivity contribution in [1.29, 1.82) is 0 Å². The number of benzene rings is 1. The molecule has 1 atom stereocenters. The number of nitrogens with one attached hydrogen (secondary N) is 1. The van der Waals surface area contributed by atoms with Gasteiger partial charge in [-0.2, -0.15) is 13.2 Å². The maximum Gasteiger partial charge on any atom is 0.416 e. The van der Waals surface area contributed by atoms with Crippen molar-refractivity contribution in [1.82, 2.24) is 5.32 Å². The highest BCUT2D eigenvalue weighted by atomic mass is 19.4. The molecular weight excluding hydrogens is 339 g/mol. The van der Waals surface area contributed by atoms with Gasteiger partial charge in [-0.1, -0.05) is 12.1 Å². The maximum atomic E-state index is 12.6. The molecule has 0 spiro atoms. The molecule has 2 rings (SSSR count). The van der Waals surface area contributed by atoms with Crippen LogP contribution in [0.2, 0.25) is 0 Å². The van der Waals surface area contributed by atoms with Gasteiger partial charge in [0.15, 0.2) is 0 Å². The predicted octanol–water partition coefficient (Wildman–Crippen LogP) is 3.56. The number of hydrogen-bond donors (Lipinski definition) is 2. The van der Waals surface area contributed by atoms with Gasteiger partial charge in [0.1, 0.15) is 5.76 Å². The van der Waals surface area contributed by atoms with Crippen LogP contribution in [0.4, 0.5) is 13.2 Å². The predicted molar refractivity (Wildman–Crippen MR) is 81.6 cm³/mol. The Kier molecular flexibility index (Phi) is 5.84. The van der Waals surface area contributed by atoms with Gasteiger partial charge in [-0.3, -0.25) is 9.59 Å². The number of aliphatic carboxylic acids is 1. The normalized spacial score (nSPS) is 12.6. The lowest BCUT2D eigenvalue weighted by molar-refractivity contribution is -0.138. The van der Waals surface area contributed by atoms with Crippen LogP contribution in [0, 0.1) is 0 Å². The molecule has 0 bridgehead atoms. The fraction of sp³-hybridized carbons (Fsp3) is 0.294. The zero-order chi connectivity index (χ0) is 18.4. The molecule has 0 saturated carbocycles. The lowest BCUT2D eigenvalue weighted by Gasteiger charge is -2.16. The first kappa shape index (κ1) is 18.6. The van der Waals surface area contributed by atoms with Crippen molar-refractivity contribution in [2.45, 2.75) is 31.5 Å². The molecule has 0 aliphatic heterocycles. The van der Waals surface area contributed by atoms with E-state index in [2.05, 4.69) is 5.32 Å². The van der Waals surface area contributed by atoms with Crippen LogP contribution < -0.4 is 5.32 Å². The van der Waals surface area contributed by atoms with Crippen LogP contribution in [0.25, 0.3) is 0 Å². The number of carboxylic acids is 1. The van der Waals surface area contributed by atoms with Crippen molar-refractivity contribution in [3.05, 3.63) is 59.5 Å². The fourth-order valence-corrected chi connectivity index (χ4v) is 2.36. The van der Waals surface area contributed by atoms with Crippen LogP contribution in [0.5, 0.6) is 0 Å². The highest BCUT2D eigenvalue weighted by Crippen LogP contribution is 2.31. The summed E-state index contributed by atoms with van der Waals surface area (Å²) in [5.74, 6) is -1.74. The molecule has 1 amide bonds. The quantitative estimate of drug-likeness (QED) is 0.796. The average molecular weight is 355 g/mol. The molecule has 1 aromatic carbocycles. The standard InChI is InChI=1S/C17H16F3NO4/c18-17(19,20)13-5-3-11(4-6-13)12(9-16(23)24)8-15(22)21-10-14-2-1-7-25-14/h1-7,12H,8-10H2,(H,21,22)(H,23,24)/t12-/m0/s1. The summed E-state index contributed by atoms with van der Waals surface area (Å²) in [6, 6.07) is 7.50. The zero-order valence-corrected chi connectivity index (χ0v) is 13.0. The van der Waals surface area contributed by atoms with E-state index in [4.69, 9.17) is 9.52 Å². The minimum absolute atomic E-state index is 0.151. The molecule has 134 valence electrons. The Morgan fingerprint density at radius 2 is 1.80 bits per heavy atom. The van der Waals surface area contributed by atoms with E-state index in [0.717, 1.165) is 12.1 Å². The lowest BCUT2D eigenvalue weighted by Crippen LogP contribution is -2.25. The SMILES string of the molecule is O=C(O)C[C@H](CC(=O)NCc1ccco1)c1ccc(C(F)(F)F)cc1. The molecule has 0 saturated heterocycles. The van der Waals surface area contributed by atoms with E-state index in [1.807, 2.05) is 0 Å². The summed E-state index contributed by atoms with van der Waals surface area (Å²) in [6.07, 6.45) is -3.53. The third-order valence-electron chi connectivity index (χ3n) is 3.60. The third-order valence-corrected chi connectivity index (χ3v) is 3.60. The Hall–Kier alpha value is -2.77. The first-order valence-electron chi connectivity index (χ1n) is 7.43. The van der Waals surface area contributed by atoms with Crippen LogP contribution in [0.3, 0.4) is 0 Å². The maximum absolute atomic E-state index is 12.6. The molecule has 25 heavy (non-hydrogen) atoms. The Labute approximate surface area is 141 Å². The highest BCUT2D eigenvalue weighted by Gasteiger charge is 2.30. The summed E-state index contributed by atoms with van der Waals surface area (Å²) in [7, 11) is 0. The molecular formula is C17H16F3NO4. The molecule has 2 aromatic rings. The summed E-state index contributed by atoms with van der Waals surface area (Å²) in [6.45, 7) is 0.151. The molecule has 1 heterocycles. The number of carbonyl (C=O) groups is 2. The molecule has 5 nitrogen and oxygen atoms in total. The van der Waals surface area contributed by atoms with Crippen LogP contribution in [-0.4, -0.2) is 17.0 Å². The second-order valence-corrected chi connectivity index (χ2v) is 5.47. The minimum atomic E-state index is -4.47. The molecule has 0 aliphatic carbocycles. The molecule has 0 aliphatic rings. The number of carbonyl (C=O) groups excluding carboxylic acids is 1. The fourth-order valence-electron chi connectivity index (χ4n) is 2.36. The van der Waals surface area contributed by atoms with Crippen molar-refractivity contribution < 1.29 is 32.3 Å². The van der Waals surface area contributed by atoms with Gasteiger partial charge >= 0.3 is 12.1 Å². The topological polar surface area (TPSA) is 79.5 Å². The largest absolute Gasteiger partial charge is 0.481 e. The molecule has 0 unspecified atom stereocenters. The number of halogens is 3. The summed E-state index contributed by atoms with van der Waals surface area (Å²) in [5.41, 5.74) is -0.462. The van der Waals surface area contributed by atoms with E-state index in [1.165, 1.54) is 18.4 Å². The molecule has 2 N–H and O–H groups in total. The molecule has 1 aromatic heterocycles. The summed E-state index contributed by atoms with van der Waals surface area (Å²) in [5, 5.41) is 11.6. The van der Waals surface area contributed by atoms with Crippen molar-refractivity contribution in [2.75, 3.05) is 0 Å². The first-order chi connectivity index (χ1) is 11.8. The second-order valence-electron chi connectivity index (χ2n) is 5.47. The van der Waals surface area contributed by atoms with E-state index in [1.54, 1.807) is 12.1 Å². The average Bonchev–Trinajstić information content (AvgIpc) is 3.04. The molecule has 0 fully saturated rings. The van der Waals surface area contributed by atoms with E-state index in [9.17, 15) is 22.8 Å². The Balaban J connectivity index is 2.04. The van der Waals surface area contributed by atoms with Gasteiger partial charge in [0.2, 0.25) is 5.91 Å². The minimum Gasteiger partial charge on any atom is -0.481 e. The number of furan rings is 1. The van der Waals surface area contributed by atoms with Crippen molar-refractivity contribution in [3.63, 3.8) is 0 Å². The zero-order valence-electron chi connectivity index (χ0n) is 13.0. The van der Waals surface area contributed by atoms with E-state index < -0.39 is 29.5 Å². The van der Waals surface area contributed by atoms with Gasteiger partial charge in [-0.25, -0.2) is 0 Å². The van der Waals surface area contributed by atoms with E-state index in [0.29, 0.717) is 11.3 Å². The van der Waals surface area contributed by atoms with Crippen LogP contribution in [0.1, 0.15) is 35.6 Å². The summed E-state index contributed by atoms with van der Waals surface area (Å²) >= 11 is 0. The number of amides is 1. The number of rotatable bonds is 7. The van der Waals surface area contributed by atoms with E-state index >= 15 is 0 Å². The van der Waals surface area contributed by atoms with Crippen LogP contribution in [-0.2, 0) is 22.3 Å². The van der Waals surface area contributed by atoms with Crippen molar-refractivity contribution >= 4 is 11.9 Å². The Bertz CT molecular complexity index is 708. The number of carboxylic acid groups (broad SMARTS) is 1. The Morgan fingerprint density at radius 1 is 1.12 bits per heavy atom. The number of hydrogen-bond acceptors (Lipinski definition) is 3.